The number of pyridine rings is 1. The first-order valence-corrected chi connectivity index (χ1v) is 10.4. The van der Waals surface area contributed by atoms with Gasteiger partial charge < -0.3 is 19.5 Å². The third kappa shape index (κ3) is 3.62. The minimum atomic E-state index is -0.296. The van der Waals surface area contributed by atoms with E-state index in [0.717, 1.165) is 5.39 Å². The van der Waals surface area contributed by atoms with Gasteiger partial charge in [0.05, 0.1) is 44.3 Å². The number of hydrogen-bond donors (Lipinski definition) is 1. The molecule has 0 radical (unpaired) electrons. The zero-order chi connectivity index (χ0) is 23.7. The van der Waals surface area contributed by atoms with Gasteiger partial charge in [-0.25, -0.2) is 9.97 Å². The average molecular weight is 455 g/mol. The van der Waals surface area contributed by atoms with Crippen molar-refractivity contribution in [3.63, 3.8) is 0 Å². The second kappa shape index (κ2) is 8.70. The smallest absolute Gasteiger partial charge is 0.257 e. The van der Waals surface area contributed by atoms with Crippen molar-refractivity contribution < 1.29 is 19.0 Å². The molecule has 170 valence electrons. The Morgan fingerprint density at radius 3 is 2.41 bits per heavy atom. The number of para-hydroxylation sites is 1. The third-order valence-corrected chi connectivity index (χ3v) is 5.45. The van der Waals surface area contributed by atoms with Crippen molar-refractivity contribution in [2.45, 2.75) is 0 Å². The van der Waals surface area contributed by atoms with Crippen molar-refractivity contribution >= 4 is 28.3 Å². The molecule has 0 aliphatic heterocycles. The number of hydrogen-bond acceptors (Lipinski definition) is 7. The highest BCUT2D eigenvalue weighted by Gasteiger charge is 2.19. The van der Waals surface area contributed by atoms with Gasteiger partial charge in [-0.15, -0.1) is 0 Å². The zero-order valence-corrected chi connectivity index (χ0v) is 18.8. The number of nitrogens with zero attached hydrogens (tertiary/aromatic N) is 4. The predicted octanol–water partition coefficient (Wildman–Crippen LogP) is 4.22. The van der Waals surface area contributed by atoms with Gasteiger partial charge >= 0.3 is 0 Å². The number of aromatic nitrogens is 4. The summed E-state index contributed by atoms with van der Waals surface area (Å²) in [4.78, 5) is 22.5. The Labute approximate surface area is 194 Å². The molecule has 0 saturated heterocycles. The van der Waals surface area contributed by atoms with Gasteiger partial charge in [0.2, 0.25) is 5.75 Å². The molecule has 0 saturated carbocycles. The number of carbonyl (C=O) groups excluding carboxylic acids is 1. The Kier molecular flexibility index (Phi) is 5.43. The molecule has 5 aromatic rings. The second-order valence-electron chi connectivity index (χ2n) is 7.37. The summed E-state index contributed by atoms with van der Waals surface area (Å²) in [6.07, 6.45) is 3.25. The van der Waals surface area contributed by atoms with Crippen molar-refractivity contribution in [2.75, 3.05) is 26.6 Å². The summed E-state index contributed by atoms with van der Waals surface area (Å²) in [5.74, 6) is 1.69. The summed E-state index contributed by atoms with van der Waals surface area (Å²) in [5, 5.41) is 7.90. The average Bonchev–Trinajstić information content (AvgIpc) is 3.37. The van der Waals surface area contributed by atoms with Crippen molar-refractivity contribution in [2.24, 2.45) is 0 Å². The highest BCUT2D eigenvalue weighted by atomic mass is 16.5. The van der Waals surface area contributed by atoms with Crippen LogP contribution in [0.2, 0.25) is 0 Å². The minimum absolute atomic E-state index is 0.296. The number of methoxy groups -OCH3 is 3. The van der Waals surface area contributed by atoms with Gasteiger partial charge in [0.1, 0.15) is 5.82 Å². The van der Waals surface area contributed by atoms with E-state index in [1.54, 1.807) is 68.6 Å². The summed E-state index contributed by atoms with van der Waals surface area (Å²) in [7, 11) is 4.66. The maximum absolute atomic E-state index is 13.5. The van der Waals surface area contributed by atoms with Gasteiger partial charge in [0.15, 0.2) is 17.1 Å². The first kappa shape index (κ1) is 21.2. The Morgan fingerprint density at radius 1 is 0.912 bits per heavy atom. The highest BCUT2D eigenvalue weighted by molar-refractivity contribution is 6.13. The number of amides is 1. The van der Waals surface area contributed by atoms with Crippen LogP contribution in [0.3, 0.4) is 0 Å². The SMILES string of the molecule is COc1cc(-c2cc(C(=O)Nc3ccnc4ccnn34)c3ccccc3n2)cc(OC)c1OC. The molecule has 0 aliphatic carbocycles. The number of ether oxygens (including phenoxy) is 3. The molecule has 34 heavy (non-hydrogen) atoms. The molecule has 1 N–H and O–H groups in total. The van der Waals surface area contributed by atoms with E-state index in [2.05, 4.69) is 15.4 Å². The van der Waals surface area contributed by atoms with Gasteiger partial charge in [-0.05, 0) is 30.3 Å². The lowest BCUT2D eigenvalue weighted by atomic mass is 10.0. The van der Waals surface area contributed by atoms with Crippen molar-refractivity contribution in [1.29, 1.82) is 0 Å². The van der Waals surface area contributed by atoms with E-state index in [9.17, 15) is 4.79 Å². The van der Waals surface area contributed by atoms with Crippen molar-refractivity contribution in [3.8, 4) is 28.5 Å². The summed E-state index contributed by atoms with van der Waals surface area (Å²) in [6, 6.07) is 16.3. The van der Waals surface area contributed by atoms with Gasteiger partial charge in [-0.1, -0.05) is 18.2 Å². The second-order valence-corrected chi connectivity index (χ2v) is 7.37. The Bertz CT molecular complexity index is 1500. The molecule has 3 aromatic heterocycles. The normalized spacial score (nSPS) is 10.9. The van der Waals surface area contributed by atoms with Crippen LogP contribution < -0.4 is 19.5 Å². The topological polar surface area (TPSA) is 99.9 Å². The summed E-state index contributed by atoms with van der Waals surface area (Å²) >= 11 is 0. The van der Waals surface area contributed by atoms with Crippen LogP contribution in [0.15, 0.2) is 67.0 Å². The van der Waals surface area contributed by atoms with E-state index < -0.39 is 0 Å². The molecule has 0 bridgehead atoms. The zero-order valence-electron chi connectivity index (χ0n) is 18.8. The number of fused-ring (bicyclic) bond motifs is 2. The molecular formula is C25H21N5O4. The molecule has 0 spiro atoms. The predicted molar refractivity (Wildman–Crippen MR) is 128 cm³/mol. The van der Waals surface area contributed by atoms with E-state index in [1.807, 2.05) is 24.3 Å². The summed E-state index contributed by atoms with van der Waals surface area (Å²) < 4.78 is 18.0. The molecule has 3 heterocycles. The molecule has 0 aliphatic rings. The van der Waals surface area contributed by atoms with Crippen LogP contribution in [0.5, 0.6) is 17.2 Å². The van der Waals surface area contributed by atoms with E-state index in [1.165, 1.54) is 0 Å². The molecule has 2 aromatic carbocycles. The minimum Gasteiger partial charge on any atom is -0.493 e. The maximum Gasteiger partial charge on any atom is 0.257 e. The molecule has 9 nitrogen and oxygen atoms in total. The monoisotopic (exact) mass is 455 g/mol. The van der Waals surface area contributed by atoms with E-state index in [4.69, 9.17) is 19.2 Å². The lowest BCUT2D eigenvalue weighted by molar-refractivity contribution is 0.102. The maximum atomic E-state index is 13.5. The molecule has 0 atom stereocenters. The number of carbonyl (C=O) groups is 1. The fourth-order valence-electron chi connectivity index (χ4n) is 3.85. The lowest BCUT2D eigenvalue weighted by Gasteiger charge is -2.15. The highest BCUT2D eigenvalue weighted by Crippen LogP contribution is 2.41. The number of benzene rings is 2. The molecule has 9 heteroatoms. The number of nitrogens with one attached hydrogen (secondary N) is 1. The van der Waals surface area contributed by atoms with E-state index in [-0.39, 0.29) is 5.91 Å². The lowest BCUT2D eigenvalue weighted by Crippen LogP contribution is -2.16. The summed E-state index contributed by atoms with van der Waals surface area (Å²) in [6.45, 7) is 0. The first-order valence-electron chi connectivity index (χ1n) is 10.4. The van der Waals surface area contributed by atoms with E-state index in [0.29, 0.717) is 51.1 Å². The van der Waals surface area contributed by atoms with Crippen molar-refractivity contribution in [3.05, 3.63) is 72.6 Å². The van der Waals surface area contributed by atoms with Crippen molar-refractivity contribution in [1.82, 2.24) is 19.6 Å². The van der Waals surface area contributed by atoms with Gasteiger partial charge in [0, 0.05) is 23.2 Å². The largest absolute Gasteiger partial charge is 0.493 e. The van der Waals surface area contributed by atoms with Gasteiger partial charge in [-0.3, -0.25) is 4.79 Å². The molecule has 0 fully saturated rings. The van der Waals surface area contributed by atoms with Crippen LogP contribution in [-0.4, -0.2) is 46.8 Å². The fourth-order valence-corrected chi connectivity index (χ4v) is 3.85. The van der Waals surface area contributed by atoms with Crippen LogP contribution in [-0.2, 0) is 0 Å². The third-order valence-electron chi connectivity index (χ3n) is 5.45. The molecule has 1 amide bonds. The first-order chi connectivity index (χ1) is 16.6. The number of anilines is 1. The summed E-state index contributed by atoms with van der Waals surface area (Å²) in [5.41, 5.74) is 3.08. The fraction of sp³-hybridized carbons (Fsp3) is 0.120. The van der Waals surface area contributed by atoms with Crippen LogP contribution in [0.4, 0.5) is 5.82 Å². The Hall–Kier alpha value is -4.66. The van der Waals surface area contributed by atoms with Crippen LogP contribution in [0, 0.1) is 0 Å². The standard InChI is InChI=1S/C25H21N5O4/c1-32-20-12-15(13-21(33-2)24(20)34-3)19-14-17(16-6-4-5-7-18(16)28-19)25(31)29-23-8-10-26-22-9-11-27-30(22)23/h4-14H,1-3H3,(H,29,31). The Morgan fingerprint density at radius 2 is 1.68 bits per heavy atom. The quantitative estimate of drug-likeness (QED) is 0.409. The van der Waals surface area contributed by atoms with Crippen LogP contribution in [0.25, 0.3) is 27.8 Å². The molecule has 0 unspecified atom stereocenters. The van der Waals surface area contributed by atoms with Gasteiger partial charge in [-0.2, -0.15) is 9.61 Å². The van der Waals surface area contributed by atoms with Crippen LogP contribution >= 0.6 is 0 Å². The van der Waals surface area contributed by atoms with Crippen LogP contribution in [0.1, 0.15) is 10.4 Å². The molecular weight excluding hydrogens is 434 g/mol. The Balaban J connectivity index is 1.64. The molecule has 5 rings (SSSR count). The van der Waals surface area contributed by atoms with Gasteiger partial charge in [0.25, 0.3) is 5.91 Å². The van der Waals surface area contributed by atoms with E-state index >= 15 is 0 Å². The number of rotatable bonds is 6.